The summed E-state index contributed by atoms with van der Waals surface area (Å²) in [7, 11) is 0. The van der Waals surface area contributed by atoms with E-state index in [4.69, 9.17) is 4.42 Å². The van der Waals surface area contributed by atoms with Crippen molar-refractivity contribution < 1.29 is 22.3 Å². The van der Waals surface area contributed by atoms with E-state index in [-0.39, 0.29) is 22.8 Å². The minimum Gasteiger partial charge on any atom is -0.624 e. The van der Waals surface area contributed by atoms with E-state index in [1.807, 2.05) is 0 Å². The van der Waals surface area contributed by atoms with Crippen LogP contribution in [0, 0.1) is 5.21 Å². The predicted molar refractivity (Wildman–Crippen MR) is 66.1 cm³/mol. The van der Waals surface area contributed by atoms with Gasteiger partial charge in [-0.05, 0) is 13.8 Å². The minimum atomic E-state index is -2.30. The first-order valence-corrected chi connectivity index (χ1v) is 6.47. The lowest BCUT2D eigenvalue weighted by Crippen LogP contribution is -2.14. The maximum Gasteiger partial charge on any atom is 0.301 e. The zero-order valence-corrected chi connectivity index (χ0v) is 11.2. The number of hydroxylamine groups is 1. The topological polar surface area (TPSA) is 52.1 Å². The SMILES string of the molecule is CC(C)[N+]([O-])=Cc1cnc(SCCC(F)=C(F)F)o1. The Bertz CT molecular complexity index is 482. The van der Waals surface area contributed by atoms with E-state index >= 15 is 0 Å². The van der Waals surface area contributed by atoms with Crippen molar-refractivity contribution in [2.45, 2.75) is 31.5 Å². The monoisotopic (exact) mass is 294 g/mol. The van der Waals surface area contributed by atoms with Crippen LogP contribution in [-0.4, -0.2) is 27.7 Å². The third-order valence-electron chi connectivity index (χ3n) is 2.02. The van der Waals surface area contributed by atoms with Crippen molar-refractivity contribution in [2.24, 2.45) is 0 Å². The predicted octanol–water partition coefficient (Wildman–Crippen LogP) is 3.57. The van der Waals surface area contributed by atoms with Crippen LogP contribution >= 0.6 is 11.8 Å². The molecule has 0 aliphatic carbocycles. The van der Waals surface area contributed by atoms with Gasteiger partial charge in [0.15, 0.2) is 11.9 Å². The highest BCUT2D eigenvalue weighted by Gasteiger charge is 2.09. The average molecular weight is 294 g/mol. The highest BCUT2D eigenvalue weighted by atomic mass is 32.2. The summed E-state index contributed by atoms with van der Waals surface area (Å²) >= 11 is 0.997. The van der Waals surface area contributed by atoms with Crippen molar-refractivity contribution >= 4 is 18.0 Å². The van der Waals surface area contributed by atoms with E-state index in [0.717, 1.165) is 11.8 Å². The van der Waals surface area contributed by atoms with Gasteiger partial charge < -0.3 is 9.62 Å². The molecule has 4 nitrogen and oxygen atoms in total. The lowest BCUT2D eigenvalue weighted by atomic mass is 10.4. The van der Waals surface area contributed by atoms with E-state index in [9.17, 15) is 18.4 Å². The Kier molecular flexibility index (Phi) is 5.94. The first kappa shape index (κ1) is 15.6. The highest BCUT2D eigenvalue weighted by Crippen LogP contribution is 2.22. The Labute approximate surface area is 112 Å². The van der Waals surface area contributed by atoms with E-state index in [1.54, 1.807) is 13.8 Å². The molecule has 0 aromatic carbocycles. The molecule has 106 valence electrons. The lowest BCUT2D eigenvalue weighted by Gasteiger charge is -2.05. The van der Waals surface area contributed by atoms with Crippen molar-refractivity contribution in [3.8, 4) is 0 Å². The van der Waals surface area contributed by atoms with Gasteiger partial charge in [-0.3, -0.25) is 0 Å². The summed E-state index contributed by atoms with van der Waals surface area (Å²) < 4.78 is 42.0. The Morgan fingerprint density at radius 3 is 2.79 bits per heavy atom. The number of halogens is 3. The van der Waals surface area contributed by atoms with Crippen LogP contribution in [0.25, 0.3) is 0 Å². The van der Waals surface area contributed by atoms with Gasteiger partial charge in [0.1, 0.15) is 0 Å². The van der Waals surface area contributed by atoms with Crippen LogP contribution in [0.1, 0.15) is 26.0 Å². The number of hydrogen-bond acceptors (Lipinski definition) is 4. The summed E-state index contributed by atoms with van der Waals surface area (Å²) in [6, 6.07) is -0.229. The highest BCUT2D eigenvalue weighted by molar-refractivity contribution is 7.99. The van der Waals surface area contributed by atoms with Crippen molar-refractivity contribution in [3.63, 3.8) is 0 Å². The van der Waals surface area contributed by atoms with Crippen LogP contribution in [0.3, 0.4) is 0 Å². The molecular formula is C11H13F3N2O2S. The summed E-state index contributed by atoms with van der Waals surface area (Å²) in [5, 5.41) is 11.5. The molecule has 0 fully saturated rings. The molecule has 0 radical (unpaired) electrons. The summed E-state index contributed by atoms with van der Waals surface area (Å²) in [4.78, 5) is 3.84. The van der Waals surface area contributed by atoms with E-state index in [0.29, 0.717) is 4.74 Å². The zero-order chi connectivity index (χ0) is 14.4. The van der Waals surface area contributed by atoms with Crippen molar-refractivity contribution in [1.82, 2.24) is 4.98 Å². The van der Waals surface area contributed by atoms with E-state index in [2.05, 4.69) is 4.98 Å². The second-order valence-electron chi connectivity index (χ2n) is 3.88. The molecule has 0 aliphatic rings. The molecule has 1 aromatic rings. The molecule has 19 heavy (non-hydrogen) atoms. The number of nitrogens with zero attached hydrogens (tertiary/aromatic N) is 2. The second-order valence-corrected chi connectivity index (χ2v) is 4.92. The molecule has 0 unspecified atom stereocenters. The van der Waals surface area contributed by atoms with Gasteiger partial charge in [-0.2, -0.15) is 8.78 Å². The first-order valence-electron chi connectivity index (χ1n) is 5.48. The third kappa shape index (κ3) is 5.37. The average Bonchev–Trinajstić information content (AvgIpc) is 2.76. The van der Waals surface area contributed by atoms with Crippen molar-refractivity contribution in [2.75, 3.05) is 5.75 Å². The molecule has 0 saturated carbocycles. The molecule has 0 amide bonds. The molecule has 0 spiro atoms. The normalized spacial score (nSPS) is 12.0. The number of allylic oxidation sites excluding steroid dienone is 1. The van der Waals surface area contributed by atoms with E-state index in [1.165, 1.54) is 12.4 Å². The lowest BCUT2D eigenvalue weighted by molar-refractivity contribution is -0.487. The Morgan fingerprint density at radius 2 is 2.21 bits per heavy atom. The molecule has 1 rings (SSSR count). The van der Waals surface area contributed by atoms with Crippen LogP contribution in [0.15, 0.2) is 27.7 Å². The molecule has 1 aromatic heterocycles. The summed E-state index contributed by atoms with van der Waals surface area (Å²) in [6.45, 7) is 3.44. The molecule has 0 saturated heterocycles. The Hall–Kier alpha value is -1.44. The standard InChI is InChI=1S/C11H13F3N2O2S/c1-7(2)16(17)6-8-5-15-11(18-8)19-4-3-9(12)10(13)14/h5-7H,3-4H2,1-2H3. The quantitative estimate of drug-likeness (QED) is 0.264. The fraction of sp³-hybridized carbons (Fsp3) is 0.455. The Balaban J connectivity index is 2.52. The van der Waals surface area contributed by atoms with Gasteiger partial charge >= 0.3 is 6.08 Å². The number of aromatic nitrogens is 1. The maximum absolute atomic E-state index is 12.5. The van der Waals surface area contributed by atoms with Gasteiger partial charge in [-0.1, -0.05) is 11.8 Å². The molecule has 0 N–H and O–H groups in total. The largest absolute Gasteiger partial charge is 0.624 e. The minimum absolute atomic E-state index is 0.0778. The number of oxazole rings is 1. The molecule has 0 bridgehead atoms. The zero-order valence-electron chi connectivity index (χ0n) is 10.4. The number of hydrogen-bond donors (Lipinski definition) is 0. The maximum atomic E-state index is 12.5. The van der Waals surface area contributed by atoms with Crippen LogP contribution in [-0.2, 0) is 0 Å². The van der Waals surface area contributed by atoms with Gasteiger partial charge in [0.2, 0.25) is 12.0 Å². The second kappa shape index (κ2) is 7.22. The van der Waals surface area contributed by atoms with Crippen molar-refractivity contribution in [3.05, 3.63) is 29.1 Å². The molecular weight excluding hydrogens is 281 g/mol. The van der Waals surface area contributed by atoms with Gasteiger partial charge in [0.05, 0.1) is 6.20 Å². The van der Waals surface area contributed by atoms with Gasteiger partial charge in [0.25, 0.3) is 5.22 Å². The van der Waals surface area contributed by atoms with E-state index < -0.39 is 18.3 Å². The molecule has 0 atom stereocenters. The summed E-state index contributed by atoms with van der Waals surface area (Å²) in [6.07, 6.45) is -0.115. The van der Waals surface area contributed by atoms with Crippen LogP contribution in [0.2, 0.25) is 0 Å². The molecule has 8 heteroatoms. The van der Waals surface area contributed by atoms with Gasteiger partial charge in [-0.25, -0.2) is 14.1 Å². The number of thioether (sulfide) groups is 1. The van der Waals surface area contributed by atoms with Crippen LogP contribution < -0.4 is 0 Å². The summed E-state index contributed by atoms with van der Waals surface area (Å²) in [5.41, 5.74) is 0. The van der Waals surface area contributed by atoms with Crippen molar-refractivity contribution in [1.29, 1.82) is 0 Å². The fourth-order valence-corrected chi connectivity index (χ4v) is 1.73. The smallest absolute Gasteiger partial charge is 0.301 e. The van der Waals surface area contributed by atoms with Gasteiger partial charge in [-0.15, -0.1) is 0 Å². The molecule has 0 aliphatic heterocycles. The summed E-state index contributed by atoms with van der Waals surface area (Å²) in [5.74, 6) is -1.09. The van der Waals surface area contributed by atoms with Crippen LogP contribution in [0.5, 0.6) is 0 Å². The number of rotatable bonds is 6. The third-order valence-corrected chi connectivity index (χ3v) is 2.86. The molecule has 1 heterocycles. The first-order chi connectivity index (χ1) is 8.90. The fourth-order valence-electron chi connectivity index (χ4n) is 0.993. The Morgan fingerprint density at radius 1 is 1.53 bits per heavy atom. The van der Waals surface area contributed by atoms with Crippen LogP contribution in [0.4, 0.5) is 13.2 Å². The van der Waals surface area contributed by atoms with Gasteiger partial charge in [0, 0.05) is 12.2 Å².